The fourth-order valence-corrected chi connectivity index (χ4v) is 2.81. The van der Waals surface area contributed by atoms with Crippen LogP contribution in [0.25, 0.3) is 0 Å². The zero-order valence-electron chi connectivity index (χ0n) is 12.1. The van der Waals surface area contributed by atoms with E-state index in [9.17, 15) is 9.59 Å². The van der Waals surface area contributed by atoms with E-state index in [-0.39, 0.29) is 5.91 Å². The van der Waals surface area contributed by atoms with Gasteiger partial charge < -0.3 is 15.0 Å². The highest BCUT2D eigenvalue weighted by Crippen LogP contribution is 2.13. The summed E-state index contributed by atoms with van der Waals surface area (Å²) in [5.74, 6) is -1.41. The molecular formula is C16H18N2O3S. The number of thiophene rings is 1. The van der Waals surface area contributed by atoms with Crippen molar-refractivity contribution in [1.29, 1.82) is 0 Å². The number of carbonyl (C=O) groups excluding carboxylic acids is 1. The Morgan fingerprint density at radius 1 is 1.41 bits per heavy atom. The van der Waals surface area contributed by atoms with Crippen molar-refractivity contribution in [3.63, 3.8) is 0 Å². The fraction of sp³-hybridized carbons (Fsp3) is 0.250. The molecule has 0 aliphatic rings. The van der Waals surface area contributed by atoms with Gasteiger partial charge in [-0.3, -0.25) is 4.79 Å². The molecule has 22 heavy (non-hydrogen) atoms. The Morgan fingerprint density at radius 2 is 2.23 bits per heavy atom. The lowest BCUT2D eigenvalue weighted by Crippen LogP contribution is -2.41. The van der Waals surface area contributed by atoms with E-state index in [1.165, 1.54) is 0 Å². The van der Waals surface area contributed by atoms with Crippen LogP contribution in [0.2, 0.25) is 0 Å². The molecule has 116 valence electrons. The second-order valence-electron chi connectivity index (χ2n) is 4.83. The quantitative estimate of drug-likeness (QED) is 0.735. The summed E-state index contributed by atoms with van der Waals surface area (Å²) in [7, 11) is 0. The smallest absolute Gasteiger partial charge is 0.326 e. The third-order valence-electron chi connectivity index (χ3n) is 3.23. The molecule has 1 atom stereocenters. The van der Waals surface area contributed by atoms with Crippen LogP contribution in [0.1, 0.15) is 28.2 Å². The number of amides is 1. The summed E-state index contributed by atoms with van der Waals surface area (Å²) < 4.78 is 1.81. The van der Waals surface area contributed by atoms with Crippen molar-refractivity contribution in [2.45, 2.75) is 25.4 Å². The highest BCUT2D eigenvalue weighted by molar-refractivity contribution is 7.09. The lowest BCUT2D eigenvalue weighted by Gasteiger charge is -2.14. The summed E-state index contributed by atoms with van der Waals surface area (Å²) in [5.41, 5.74) is 0.457. The van der Waals surface area contributed by atoms with Crippen LogP contribution in [0.5, 0.6) is 0 Å². The lowest BCUT2D eigenvalue weighted by molar-refractivity contribution is -0.139. The maximum Gasteiger partial charge on any atom is 0.326 e. The Morgan fingerprint density at radius 3 is 2.86 bits per heavy atom. The molecule has 2 N–H and O–H groups in total. The van der Waals surface area contributed by atoms with Gasteiger partial charge in [0.25, 0.3) is 5.91 Å². The molecule has 2 aromatic heterocycles. The number of hydrogen-bond donors (Lipinski definition) is 2. The number of allylic oxidation sites excluding steroid dienone is 1. The number of aliphatic carboxylic acids is 1. The van der Waals surface area contributed by atoms with Crippen LogP contribution < -0.4 is 5.32 Å². The van der Waals surface area contributed by atoms with Crippen LogP contribution in [-0.2, 0) is 11.3 Å². The number of rotatable bonds is 8. The Labute approximate surface area is 132 Å². The van der Waals surface area contributed by atoms with Crippen LogP contribution in [0.3, 0.4) is 0 Å². The first-order valence-corrected chi connectivity index (χ1v) is 7.82. The first-order chi connectivity index (χ1) is 10.6. The molecule has 1 unspecified atom stereocenters. The van der Waals surface area contributed by atoms with Crippen molar-refractivity contribution in [3.8, 4) is 0 Å². The molecule has 1 amide bonds. The molecule has 0 saturated carbocycles. The number of nitrogens with one attached hydrogen (secondary N) is 1. The molecule has 0 aliphatic carbocycles. The highest BCUT2D eigenvalue weighted by Gasteiger charge is 2.21. The van der Waals surface area contributed by atoms with Gasteiger partial charge in [-0.1, -0.05) is 12.1 Å². The Bertz CT molecular complexity index is 646. The monoisotopic (exact) mass is 318 g/mol. The summed E-state index contributed by atoms with van der Waals surface area (Å²) in [6, 6.07) is 6.52. The van der Waals surface area contributed by atoms with E-state index < -0.39 is 12.0 Å². The summed E-state index contributed by atoms with van der Waals surface area (Å²) in [4.78, 5) is 24.6. The Kier molecular flexibility index (Phi) is 5.55. The number of carbonyl (C=O) groups is 2. The number of carboxylic acid groups (broad SMARTS) is 1. The Hall–Kier alpha value is -2.34. The lowest BCUT2D eigenvalue weighted by atomic mass is 10.1. The van der Waals surface area contributed by atoms with Crippen LogP contribution >= 0.6 is 11.3 Å². The minimum absolute atomic E-state index is 0.330. The van der Waals surface area contributed by atoms with Crippen molar-refractivity contribution in [2.24, 2.45) is 0 Å². The third kappa shape index (κ3) is 4.08. The molecule has 0 bridgehead atoms. The van der Waals surface area contributed by atoms with E-state index in [2.05, 4.69) is 11.9 Å². The maximum absolute atomic E-state index is 12.3. The van der Waals surface area contributed by atoms with Crippen LogP contribution in [-0.4, -0.2) is 27.6 Å². The van der Waals surface area contributed by atoms with Gasteiger partial charge in [-0.05, 0) is 36.4 Å². The van der Waals surface area contributed by atoms with Gasteiger partial charge in [-0.15, -0.1) is 17.9 Å². The van der Waals surface area contributed by atoms with Gasteiger partial charge in [-0.2, -0.15) is 0 Å². The molecule has 0 aliphatic heterocycles. The van der Waals surface area contributed by atoms with Gasteiger partial charge in [0.05, 0.1) is 6.54 Å². The van der Waals surface area contributed by atoms with Crippen molar-refractivity contribution in [3.05, 3.63) is 59.1 Å². The van der Waals surface area contributed by atoms with Crippen molar-refractivity contribution < 1.29 is 14.7 Å². The second-order valence-corrected chi connectivity index (χ2v) is 5.86. The standard InChI is InChI=1S/C16H18N2O3S/c1-2-3-7-13(16(20)21)17-15(19)14-8-4-9-18(14)11-12-6-5-10-22-12/h2,4-6,8-10,13H,1,3,7,11H2,(H,17,19)(H,20,21). The number of nitrogens with zero attached hydrogens (tertiary/aromatic N) is 1. The average Bonchev–Trinajstić information content (AvgIpc) is 3.15. The van der Waals surface area contributed by atoms with Gasteiger partial charge in [0, 0.05) is 11.1 Å². The normalized spacial score (nSPS) is 11.8. The largest absolute Gasteiger partial charge is 0.480 e. The fourth-order valence-electron chi connectivity index (χ4n) is 2.10. The van der Waals surface area contributed by atoms with Crippen molar-refractivity contribution >= 4 is 23.2 Å². The third-order valence-corrected chi connectivity index (χ3v) is 4.09. The van der Waals surface area contributed by atoms with Crippen molar-refractivity contribution in [2.75, 3.05) is 0 Å². The van der Waals surface area contributed by atoms with Crippen molar-refractivity contribution in [1.82, 2.24) is 9.88 Å². The summed E-state index contributed by atoms with van der Waals surface area (Å²) in [6.45, 7) is 4.16. The topological polar surface area (TPSA) is 71.3 Å². The van der Waals surface area contributed by atoms with Gasteiger partial charge in [0.15, 0.2) is 0 Å². The molecule has 0 fully saturated rings. The minimum atomic E-state index is -1.04. The predicted molar refractivity (Wildman–Crippen MR) is 86.2 cm³/mol. The van der Waals surface area contributed by atoms with E-state index in [0.29, 0.717) is 25.1 Å². The minimum Gasteiger partial charge on any atom is -0.480 e. The second kappa shape index (κ2) is 7.61. The predicted octanol–water partition coefficient (Wildman–Crippen LogP) is 2.75. The summed E-state index contributed by atoms with van der Waals surface area (Å²) >= 11 is 1.61. The molecule has 2 aromatic rings. The van der Waals surface area contributed by atoms with Gasteiger partial charge in [0.1, 0.15) is 11.7 Å². The van der Waals surface area contributed by atoms with Crippen LogP contribution in [0, 0.1) is 0 Å². The highest BCUT2D eigenvalue weighted by atomic mass is 32.1. The SMILES string of the molecule is C=CCCC(NC(=O)c1cccn1Cc1cccs1)C(=O)O. The average molecular weight is 318 g/mol. The molecule has 2 rings (SSSR count). The van der Waals surface area contributed by atoms with E-state index >= 15 is 0 Å². The van der Waals surface area contributed by atoms with E-state index in [0.717, 1.165) is 4.88 Å². The number of hydrogen-bond acceptors (Lipinski definition) is 3. The van der Waals surface area contributed by atoms with E-state index in [1.54, 1.807) is 29.5 Å². The number of aromatic nitrogens is 1. The molecule has 6 heteroatoms. The molecular weight excluding hydrogens is 300 g/mol. The first-order valence-electron chi connectivity index (χ1n) is 6.94. The van der Waals surface area contributed by atoms with E-state index in [1.807, 2.05) is 28.3 Å². The summed E-state index contributed by atoms with van der Waals surface area (Å²) in [6.07, 6.45) is 4.32. The Balaban J connectivity index is 2.07. The zero-order chi connectivity index (χ0) is 15.9. The van der Waals surface area contributed by atoms with Crippen LogP contribution in [0.15, 0.2) is 48.5 Å². The van der Waals surface area contributed by atoms with Gasteiger partial charge >= 0.3 is 5.97 Å². The van der Waals surface area contributed by atoms with E-state index in [4.69, 9.17) is 5.11 Å². The molecule has 0 saturated heterocycles. The molecule has 0 spiro atoms. The number of carboxylic acids is 1. The van der Waals surface area contributed by atoms with Crippen LogP contribution in [0.4, 0.5) is 0 Å². The summed E-state index contributed by atoms with van der Waals surface area (Å²) in [5, 5.41) is 13.7. The molecule has 0 aromatic carbocycles. The zero-order valence-corrected chi connectivity index (χ0v) is 12.9. The van der Waals surface area contributed by atoms with Gasteiger partial charge in [0.2, 0.25) is 0 Å². The maximum atomic E-state index is 12.3. The first kappa shape index (κ1) is 16.0. The molecule has 0 radical (unpaired) electrons. The molecule has 5 nitrogen and oxygen atoms in total. The van der Waals surface area contributed by atoms with Gasteiger partial charge in [-0.25, -0.2) is 4.79 Å². The molecule has 2 heterocycles.